The Labute approximate surface area is 193 Å². The smallest absolute Gasteiger partial charge is 0.309 e. The number of amides is 1. The highest BCUT2D eigenvalue weighted by Gasteiger charge is 2.29. The van der Waals surface area contributed by atoms with Crippen molar-refractivity contribution < 1.29 is 19.1 Å². The van der Waals surface area contributed by atoms with Crippen LogP contribution in [-0.2, 0) is 29.1 Å². The highest BCUT2D eigenvalue weighted by molar-refractivity contribution is 5.84. The van der Waals surface area contributed by atoms with Crippen molar-refractivity contribution in [3.63, 3.8) is 0 Å². The van der Waals surface area contributed by atoms with E-state index < -0.39 is 11.4 Å². The van der Waals surface area contributed by atoms with E-state index in [1.54, 1.807) is 26.1 Å². The number of carbonyl (C=O) groups excluding carboxylic acids is 1. The molecule has 6 nitrogen and oxygen atoms in total. The van der Waals surface area contributed by atoms with Crippen LogP contribution in [0.1, 0.15) is 55.5 Å². The summed E-state index contributed by atoms with van der Waals surface area (Å²) < 4.78 is 16.1. The number of carbonyl (C=O) groups is 2. The standard InChI is InChI=1S/C26H30FN3O3/c1-17-12-18(14-19(27)13-17)15-30-22-16-29(23(31)7-4-9-26(2,3)25(32)33)11-8-20(22)21-6-5-10-28-24(21)30/h5-6,10,12-14H,4,7-9,11,15-16H2,1-3H3,(H,32,33). The van der Waals surface area contributed by atoms with Gasteiger partial charge >= 0.3 is 5.97 Å². The Morgan fingerprint density at radius 2 is 2.03 bits per heavy atom. The van der Waals surface area contributed by atoms with E-state index in [4.69, 9.17) is 0 Å². The van der Waals surface area contributed by atoms with Crippen LogP contribution in [0.2, 0.25) is 0 Å². The Balaban J connectivity index is 1.57. The topological polar surface area (TPSA) is 75.4 Å². The number of aliphatic carboxylic acids is 1. The lowest BCUT2D eigenvalue weighted by atomic mass is 9.87. The zero-order valence-electron chi connectivity index (χ0n) is 19.4. The van der Waals surface area contributed by atoms with Gasteiger partial charge in [0.15, 0.2) is 0 Å². The van der Waals surface area contributed by atoms with Crippen molar-refractivity contribution in [3.8, 4) is 0 Å². The molecule has 3 aromatic rings. The number of aromatic nitrogens is 2. The molecule has 0 saturated heterocycles. The fraction of sp³-hybridized carbons (Fsp3) is 0.423. The number of rotatable bonds is 7. The molecule has 0 atom stereocenters. The van der Waals surface area contributed by atoms with E-state index in [1.807, 2.05) is 24.0 Å². The second-order valence-corrected chi connectivity index (χ2v) is 9.63. The van der Waals surface area contributed by atoms with Gasteiger partial charge in [0.05, 0.1) is 12.0 Å². The molecule has 0 radical (unpaired) electrons. The molecule has 0 saturated carbocycles. The summed E-state index contributed by atoms with van der Waals surface area (Å²) in [6.45, 7) is 6.83. The van der Waals surface area contributed by atoms with Gasteiger partial charge < -0.3 is 14.6 Å². The molecule has 0 unspecified atom stereocenters. The number of carboxylic acids is 1. The summed E-state index contributed by atoms with van der Waals surface area (Å²) in [5.41, 5.74) is 3.97. The first-order chi connectivity index (χ1) is 15.7. The number of hydrogen-bond acceptors (Lipinski definition) is 3. The molecule has 1 aromatic carbocycles. The van der Waals surface area contributed by atoms with E-state index in [1.165, 1.54) is 11.6 Å². The lowest BCUT2D eigenvalue weighted by molar-refractivity contribution is -0.147. The summed E-state index contributed by atoms with van der Waals surface area (Å²) in [5, 5.41) is 10.4. The first-order valence-electron chi connectivity index (χ1n) is 11.4. The quantitative estimate of drug-likeness (QED) is 0.565. The fourth-order valence-corrected chi connectivity index (χ4v) is 4.68. The lowest BCUT2D eigenvalue weighted by Gasteiger charge is -2.29. The van der Waals surface area contributed by atoms with E-state index in [0.717, 1.165) is 34.3 Å². The fourth-order valence-electron chi connectivity index (χ4n) is 4.68. The monoisotopic (exact) mass is 451 g/mol. The van der Waals surface area contributed by atoms with E-state index in [9.17, 15) is 19.1 Å². The van der Waals surface area contributed by atoms with E-state index in [0.29, 0.717) is 38.9 Å². The third-order valence-electron chi connectivity index (χ3n) is 6.58. The van der Waals surface area contributed by atoms with Crippen molar-refractivity contribution in [2.75, 3.05) is 6.54 Å². The molecule has 2 aromatic heterocycles. The minimum Gasteiger partial charge on any atom is -0.481 e. The molecule has 1 N–H and O–H groups in total. The summed E-state index contributed by atoms with van der Waals surface area (Å²) in [5.74, 6) is -1.07. The van der Waals surface area contributed by atoms with Crippen molar-refractivity contribution in [2.45, 2.75) is 59.5 Å². The number of benzene rings is 1. The Kier molecular flexibility index (Phi) is 6.23. The maximum absolute atomic E-state index is 14.0. The minimum absolute atomic E-state index is 0.0354. The predicted molar refractivity (Wildman–Crippen MR) is 124 cm³/mol. The zero-order chi connectivity index (χ0) is 23.8. The molecule has 0 bridgehead atoms. The van der Waals surface area contributed by atoms with Crippen LogP contribution in [0.15, 0.2) is 36.5 Å². The van der Waals surface area contributed by atoms with Gasteiger partial charge in [-0.15, -0.1) is 0 Å². The third kappa shape index (κ3) is 4.77. The molecule has 1 aliphatic rings. The molecule has 3 heterocycles. The molecule has 7 heteroatoms. The number of hydrogen-bond donors (Lipinski definition) is 1. The lowest BCUT2D eigenvalue weighted by Crippen LogP contribution is -2.36. The number of nitrogens with zero attached hydrogens (tertiary/aromatic N) is 3. The summed E-state index contributed by atoms with van der Waals surface area (Å²) in [7, 11) is 0. The van der Waals surface area contributed by atoms with Crippen molar-refractivity contribution in [3.05, 3.63) is 64.7 Å². The molecule has 174 valence electrons. The highest BCUT2D eigenvalue weighted by Crippen LogP contribution is 2.31. The molecule has 0 spiro atoms. The van der Waals surface area contributed by atoms with Crippen molar-refractivity contribution >= 4 is 22.9 Å². The Bertz CT molecular complexity index is 1190. The van der Waals surface area contributed by atoms with Crippen LogP contribution in [0.5, 0.6) is 0 Å². The second-order valence-electron chi connectivity index (χ2n) is 9.63. The molecule has 0 fully saturated rings. The molecule has 4 rings (SSSR count). The van der Waals surface area contributed by atoms with Crippen LogP contribution < -0.4 is 0 Å². The Morgan fingerprint density at radius 1 is 1.24 bits per heavy atom. The van der Waals surface area contributed by atoms with Crippen LogP contribution >= 0.6 is 0 Å². The SMILES string of the molecule is Cc1cc(F)cc(Cn2c3c(c4cccnc42)CCN(C(=O)CCCC(C)(C)C(=O)O)C3)c1. The molecular formula is C26H30FN3O3. The van der Waals surface area contributed by atoms with Crippen molar-refractivity contribution in [1.82, 2.24) is 14.5 Å². The number of pyridine rings is 1. The summed E-state index contributed by atoms with van der Waals surface area (Å²) in [6.07, 6.45) is 3.81. The van der Waals surface area contributed by atoms with E-state index in [2.05, 4.69) is 15.6 Å². The first kappa shape index (κ1) is 23.0. The summed E-state index contributed by atoms with van der Waals surface area (Å²) >= 11 is 0. The van der Waals surface area contributed by atoms with Crippen LogP contribution in [0.3, 0.4) is 0 Å². The number of fused-ring (bicyclic) bond motifs is 3. The first-order valence-corrected chi connectivity index (χ1v) is 11.4. The van der Waals surface area contributed by atoms with Gasteiger partial charge in [0.1, 0.15) is 11.5 Å². The average molecular weight is 452 g/mol. The molecule has 1 aliphatic heterocycles. The maximum atomic E-state index is 14.0. The van der Waals surface area contributed by atoms with Crippen LogP contribution in [0, 0.1) is 18.2 Å². The van der Waals surface area contributed by atoms with Gasteiger partial charge in [0, 0.05) is 36.8 Å². The van der Waals surface area contributed by atoms with Gasteiger partial charge in [-0.3, -0.25) is 9.59 Å². The van der Waals surface area contributed by atoms with Gasteiger partial charge in [-0.05, 0) is 81.0 Å². The highest BCUT2D eigenvalue weighted by atomic mass is 19.1. The molecule has 0 aliphatic carbocycles. The number of aryl methyl sites for hydroxylation is 1. The summed E-state index contributed by atoms with van der Waals surface area (Å²) in [4.78, 5) is 30.7. The van der Waals surface area contributed by atoms with Gasteiger partial charge in [-0.25, -0.2) is 9.37 Å². The van der Waals surface area contributed by atoms with Gasteiger partial charge in [-0.1, -0.05) is 6.07 Å². The van der Waals surface area contributed by atoms with Crippen LogP contribution in [0.25, 0.3) is 11.0 Å². The van der Waals surface area contributed by atoms with E-state index in [-0.39, 0.29) is 11.7 Å². The van der Waals surface area contributed by atoms with Crippen LogP contribution in [-0.4, -0.2) is 38.0 Å². The molecule has 1 amide bonds. The largest absolute Gasteiger partial charge is 0.481 e. The predicted octanol–water partition coefficient (Wildman–Crippen LogP) is 4.70. The van der Waals surface area contributed by atoms with E-state index >= 15 is 0 Å². The van der Waals surface area contributed by atoms with Gasteiger partial charge in [-0.2, -0.15) is 0 Å². The second kappa shape index (κ2) is 8.96. The van der Waals surface area contributed by atoms with Crippen molar-refractivity contribution in [2.24, 2.45) is 5.41 Å². The summed E-state index contributed by atoms with van der Waals surface area (Å²) in [6, 6.07) is 9.00. The van der Waals surface area contributed by atoms with Crippen LogP contribution in [0.4, 0.5) is 4.39 Å². The molecular weight excluding hydrogens is 421 g/mol. The van der Waals surface area contributed by atoms with Crippen molar-refractivity contribution in [1.29, 1.82) is 0 Å². The maximum Gasteiger partial charge on any atom is 0.309 e. The average Bonchev–Trinajstić information content (AvgIpc) is 3.06. The van der Waals surface area contributed by atoms with Gasteiger partial charge in [0.25, 0.3) is 0 Å². The number of carboxylic acid groups (broad SMARTS) is 1. The zero-order valence-corrected chi connectivity index (χ0v) is 19.4. The van der Waals surface area contributed by atoms with Gasteiger partial charge in [0.2, 0.25) is 5.91 Å². The minimum atomic E-state index is -0.845. The molecule has 33 heavy (non-hydrogen) atoms. The Hall–Kier alpha value is -3.22. The third-order valence-corrected chi connectivity index (χ3v) is 6.58. The Morgan fingerprint density at radius 3 is 2.76 bits per heavy atom. The number of halogens is 1. The normalized spacial score (nSPS) is 13.9.